The lowest BCUT2D eigenvalue weighted by atomic mass is 9.58. The lowest BCUT2D eigenvalue weighted by molar-refractivity contribution is 0.0535. The standard InChI is InChI=1S/C27H42N2/c1-16(2)26-28(22-14-19(5)27(8,9)20(6)15-22)10-11-29(26)24-13-17(3)21(7)25-18(4)12-23(24)25/h10-11,13-14,16,18,20,22-23,25-26H,12,15H2,1-9H3/t18-,20?,22?,23-,25+,26?/m1/s1. The van der Waals surface area contributed by atoms with Crippen molar-refractivity contribution in [2.24, 2.45) is 35.0 Å². The summed E-state index contributed by atoms with van der Waals surface area (Å²) in [5.74, 6) is 3.56. The Morgan fingerprint density at radius 1 is 1.03 bits per heavy atom. The summed E-state index contributed by atoms with van der Waals surface area (Å²) in [5.41, 5.74) is 6.55. The third-order valence-electron chi connectivity index (χ3n) is 9.09. The molecule has 160 valence electrons. The van der Waals surface area contributed by atoms with Gasteiger partial charge in [0.15, 0.2) is 0 Å². The van der Waals surface area contributed by atoms with Crippen molar-refractivity contribution in [3.63, 3.8) is 0 Å². The predicted molar refractivity (Wildman–Crippen MR) is 124 cm³/mol. The molecule has 2 nitrogen and oxygen atoms in total. The van der Waals surface area contributed by atoms with Crippen molar-refractivity contribution in [2.75, 3.05) is 0 Å². The van der Waals surface area contributed by atoms with Crippen LogP contribution in [0.25, 0.3) is 0 Å². The predicted octanol–water partition coefficient (Wildman–Crippen LogP) is 6.94. The van der Waals surface area contributed by atoms with Gasteiger partial charge in [0, 0.05) is 30.1 Å². The summed E-state index contributed by atoms with van der Waals surface area (Å²) in [7, 11) is 0. The SMILES string of the molecule is CC1=CC(N2C=CN(C3=CC(C)=C(C)[C@@H]4[C@H](C)C[C@H]34)C2C(C)C)CC(C)C1(C)C. The summed E-state index contributed by atoms with van der Waals surface area (Å²) in [6.45, 7) is 21.5. The Hall–Kier alpha value is -1.44. The van der Waals surface area contributed by atoms with Gasteiger partial charge in [0.05, 0.1) is 0 Å². The highest BCUT2D eigenvalue weighted by Crippen LogP contribution is 2.54. The second kappa shape index (κ2) is 7.06. The molecule has 1 heterocycles. The Kier molecular flexibility index (Phi) is 5.07. The van der Waals surface area contributed by atoms with Crippen LogP contribution in [0.3, 0.4) is 0 Å². The van der Waals surface area contributed by atoms with Gasteiger partial charge in [0.2, 0.25) is 0 Å². The van der Waals surface area contributed by atoms with E-state index in [1.807, 2.05) is 0 Å². The highest BCUT2D eigenvalue weighted by Gasteiger charge is 2.48. The maximum absolute atomic E-state index is 2.67. The molecule has 0 saturated heterocycles. The van der Waals surface area contributed by atoms with Crippen LogP contribution in [0.5, 0.6) is 0 Å². The normalized spacial score (nSPS) is 38.8. The Bertz CT molecular complexity index is 793. The summed E-state index contributed by atoms with van der Waals surface area (Å²) < 4.78 is 0. The molecule has 0 bridgehead atoms. The van der Waals surface area contributed by atoms with Crippen molar-refractivity contribution < 1.29 is 0 Å². The van der Waals surface area contributed by atoms with E-state index >= 15 is 0 Å². The maximum atomic E-state index is 2.67. The number of allylic oxidation sites excluding steroid dienone is 5. The molecule has 0 spiro atoms. The van der Waals surface area contributed by atoms with Gasteiger partial charge in [-0.05, 0) is 68.8 Å². The minimum atomic E-state index is 0.313. The van der Waals surface area contributed by atoms with Crippen molar-refractivity contribution in [3.05, 3.63) is 47.0 Å². The first-order chi connectivity index (χ1) is 13.5. The van der Waals surface area contributed by atoms with Crippen LogP contribution in [0.4, 0.5) is 0 Å². The van der Waals surface area contributed by atoms with Gasteiger partial charge in [0.1, 0.15) is 6.17 Å². The van der Waals surface area contributed by atoms with Gasteiger partial charge in [-0.1, -0.05) is 64.3 Å². The average molecular weight is 395 g/mol. The quantitative estimate of drug-likeness (QED) is 0.478. The van der Waals surface area contributed by atoms with Gasteiger partial charge in [-0.2, -0.15) is 0 Å². The van der Waals surface area contributed by atoms with E-state index in [0.717, 1.165) is 11.8 Å². The van der Waals surface area contributed by atoms with E-state index in [2.05, 4.69) is 96.7 Å². The molecule has 29 heavy (non-hydrogen) atoms. The maximum Gasteiger partial charge on any atom is 0.108 e. The topological polar surface area (TPSA) is 6.48 Å². The molecule has 3 unspecified atom stereocenters. The van der Waals surface area contributed by atoms with Gasteiger partial charge < -0.3 is 9.80 Å². The summed E-state index contributed by atoms with van der Waals surface area (Å²) in [6, 6.07) is 0.505. The largest absolute Gasteiger partial charge is 0.349 e. The molecule has 0 amide bonds. The molecule has 0 aromatic heterocycles. The first-order valence-corrected chi connectivity index (χ1v) is 11.9. The Labute approximate surface area is 179 Å². The number of hydrogen-bond acceptors (Lipinski definition) is 2. The number of hydrogen-bond donors (Lipinski definition) is 0. The smallest absolute Gasteiger partial charge is 0.108 e. The molecule has 1 aliphatic heterocycles. The van der Waals surface area contributed by atoms with Crippen LogP contribution < -0.4 is 0 Å². The fourth-order valence-electron chi connectivity index (χ4n) is 6.40. The first kappa shape index (κ1) is 20.8. The van der Waals surface area contributed by atoms with Crippen LogP contribution in [-0.2, 0) is 0 Å². The summed E-state index contributed by atoms with van der Waals surface area (Å²) in [5, 5.41) is 0. The number of fused-ring (bicyclic) bond motifs is 1. The second-order valence-corrected chi connectivity index (χ2v) is 11.4. The van der Waals surface area contributed by atoms with Crippen molar-refractivity contribution in [1.29, 1.82) is 0 Å². The molecule has 0 aromatic carbocycles. The molecule has 3 aliphatic carbocycles. The van der Waals surface area contributed by atoms with E-state index in [9.17, 15) is 0 Å². The first-order valence-electron chi connectivity index (χ1n) is 11.9. The minimum Gasteiger partial charge on any atom is -0.349 e. The molecule has 0 aromatic rings. The molecule has 2 heteroatoms. The number of rotatable bonds is 3. The fraction of sp³-hybridized carbons (Fsp3) is 0.704. The summed E-state index contributed by atoms with van der Waals surface area (Å²) in [4.78, 5) is 5.30. The zero-order valence-electron chi connectivity index (χ0n) is 20.2. The lowest BCUT2D eigenvalue weighted by Crippen LogP contribution is -2.51. The van der Waals surface area contributed by atoms with E-state index < -0.39 is 0 Å². The molecule has 0 radical (unpaired) electrons. The van der Waals surface area contributed by atoms with Crippen molar-refractivity contribution in [2.45, 2.75) is 87.4 Å². The van der Waals surface area contributed by atoms with Crippen LogP contribution in [0.2, 0.25) is 0 Å². The zero-order chi connectivity index (χ0) is 21.2. The van der Waals surface area contributed by atoms with Crippen LogP contribution in [0, 0.1) is 35.0 Å². The Morgan fingerprint density at radius 3 is 2.31 bits per heavy atom. The van der Waals surface area contributed by atoms with E-state index in [4.69, 9.17) is 0 Å². The molecule has 4 rings (SSSR count). The van der Waals surface area contributed by atoms with Crippen LogP contribution in [0.1, 0.15) is 75.2 Å². The van der Waals surface area contributed by atoms with Crippen LogP contribution >= 0.6 is 0 Å². The van der Waals surface area contributed by atoms with Gasteiger partial charge >= 0.3 is 0 Å². The highest BCUT2D eigenvalue weighted by atomic mass is 15.4. The monoisotopic (exact) mass is 394 g/mol. The van der Waals surface area contributed by atoms with Crippen molar-refractivity contribution in [3.8, 4) is 0 Å². The van der Waals surface area contributed by atoms with E-state index in [-0.39, 0.29) is 0 Å². The van der Waals surface area contributed by atoms with Gasteiger partial charge in [0.25, 0.3) is 0 Å². The van der Waals surface area contributed by atoms with E-state index in [1.54, 1.807) is 16.8 Å². The average Bonchev–Trinajstić information content (AvgIpc) is 3.06. The van der Waals surface area contributed by atoms with Gasteiger partial charge in [-0.25, -0.2) is 0 Å². The molecular weight excluding hydrogens is 352 g/mol. The summed E-state index contributed by atoms with van der Waals surface area (Å²) >= 11 is 0. The van der Waals surface area contributed by atoms with Crippen molar-refractivity contribution in [1.82, 2.24) is 9.80 Å². The van der Waals surface area contributed by atoms with E-state index in [0.29, 0.717) is 35.4 Å². The van der Waals surface area contributed by atoms with Crippen molar-refractivity contribution >= 4 is 0 Å². The zero-order valence-corrected chi connectivity index (χ0v) is 20.2. The highest BCUT2D eigenvalue weighted by molar-refractivity contribution is 5.39. The fourth-order valence-corrected chi connectivity index (χ4v) is 6.40. The third kappa shape index (κ3) is 3.13. The van der Waals surface area contributed by atoms with Gasteiger partial charge in [-0.15, -0.1) is 0 Å². The van der Waals surface area contributed by atoms with Crippen LogP contribution in [0.15, 0.2) is 47.0 Å². The molecule has 1 saturated carbocycles. The second-order valence-electron chi connectivity index (χ2n) is 11.4. The molecule has 4 aliphatic rings. The molecule has 6 atom stereocenters. The Morgan fingerprint density at radius 2 is 1.72 bits per heavy atom. The van der Waals surface area contributed by atoms with E-state index in [1.165, 1.54) is 18.4 Å². The molecule has 0 N–H and O–H groups in total. The molecular formula is C27H42N2. The minimum absolute atomic E-state index is 0.313. The summed E-state index contributed by atoms with van der Waals surface area (Å²) in [6.07, 6.45) is 12.8. The molecule has 1 fully saturated rings. The Balaban J connectivity index is 1.65. The van der Waals surface area contributed by atoms with Gasteiger partial charge in [-0.3, -0.25) is 0 Å². The van der Waals surface area contributed by atoms with Crippen LogP contribution in [-0.4, -0.2) is 22.0 Å². The number of nitrogens with zero attached hydrogens (tertiary/aromatic N) is 2. The third-order valence-corrected chi connectivity index (χ3v) is 9.09. The lowest BCUT2D eigenvalue weighted by Gasteiger charge is -2.52.